The van der Waals surface area contributed by atoms with Gasteiger partial charge in [0, 0.05) is 0 Å². The minimum Gasteiger partial charge on any atom is -0.214 e. The molecule has 0 saturated heterocycles. The molecule has 0 amide bonds. The Bertz CT molecular complexity index is 564. The van der Waals surface area contributed by atoms with E-state index in [1.807, 2.05) is 4.72 Å². The SMILES string of the molecule is CNS(=O)(=O)c1ccccc1S(=O)(=O)F. The summed E-state index contributed by atoms with van der Waals surface area (Å²) in [6.07, 6.45) is 0. The molecule has 0 bridgehead atoms. The quantitative estimate of drug-likeness (QED) is 0.783. The Morgan fingerprint density at radius 2 is 1.53 bits per heavy atom. The number of hydrogen-bond donors (Lipinski definition) is 1. The third-order valence-corrected chi connectivity index (χ3v) is 4.15. The topological polar surface area (TPSA) is 80.3 Å². The molecule has 0 heterocycles. The zero-order valence-corrected chi connectivity index (χ0v) is 9.27. The molecule has 0 fully saturated rings. The van der Waals surface area contributed by atoms with Crippen LogP contribution < -0.4 is 4.72 Å². The standard InChI is InChI=1S/C7H8FNO4S2/c1-9-15(12,13)7-5-3-2-4-6(7)14(8,10)11/h2-5,9H,1H3. The fourth-order valence-corrected chi connectivity index (χ4v) is 2.97. The zero-order valence-electron chi connectivity index (χ0n) is 7.64. The average molecular weight is 253 g/mol. The van der Waals surface area contributed by atoms with Gasteiger partial charge in [0.15, 0.2) is 0 Å². The highest BCUT2D eigenvalue weighted by Gasteiger charge is 2.24. The van der Waals surface area contributed by atoms with Crippen LogP contribution in [0, 0.1) is 0 Å². The fourth-order valence-electron chi connectivity index (χ4n) is 0.984. The van der Waals surface area contributed by atoms with E-state index in [4.69, 9.17) is 0 Å². The van der Waals surface area contributed by atoms with Gasteiger partial charge in [-0.15, -0.1) is 3.89 Å². The molecular weight excluding hydrogens is 245 g/mol. The van der Waals surface area contributed by atoms with Crippen molar-refractivity contribution in [3.05, 3.63) is 24.3 Å². The lowest BCUT2D eigenvalue weighted by atomic mass is 10.4. The van der Waals surface area contributed by atoms with Crippen LogP contribution in [-0.4, -0.2) is 23.9 Å². The molecule has 5 nitrogen and oxygen atoms in total. The van der Waals surface area contributed by atoms with Crippen LogP contribution in [0.2, 0.25) is 0 Å². The molecule has 84 valence electrons. The summed E-state index contributed by atoms with van der Waals surface area (Å²) in [6.45, 7) is 0. The maximum atomic E-state index is 12.7. The van der Waals surface area contributed by atoms with E-state index in [9.17, 15) is 20.7 Å². The van der Waals surface area contributed by atoms with Crippen molar-refractivity contribution in [3.63, 3.8) is 0 Å². The lowest BCUT2D eigenvalue weighted by Gasteiger charge is -2.05. The molecule has 0 aliphatic heterocycles. The van der Waals surface area contributed by atoms with E-state index in [-0.39, 0.29) is 0 Å². The van der Waals surface area contributed by atoms with Gasteiger partial charge in [0.05, 0.1) is 0 Å². The molecule has 0 unspecified atom stereocenters. The van der Waals surface area contributed by atoms with Gasteiger partial charge in [-0.2, -0.15) is 8.42 Å². The molecule has 0 aromatic heterocycles. The Morgan fingerprint density at radius 1 is 1.07 bits per heavy atom. The zero-order chi connectivity index (χ0) is 11.7. The Labute approximate surface area is 87.2 Å². The number of rotatable bonds is 3. The van der Waals surface area contributed by atoms with E-state index in [1.165, 1.54) is 12.1 Å². The van der Waals surface area contributed by atoms with Crippen molar-refractivity contribution in [2.45, 2.75) is 9.79 Å². The second-order valence-electron chi connectivity index (χ2n) is 2.59. The van der Waals surface area contributed by atoms with Crippen LogP contribution in [0.3, 0.4) is 0 Å². The maximum absolute atomic E-state index is 12.7. The highest BCUT2D eigenvalue weighted by atomic mass is 32.3. The van der Waals surface area contributed by atoms with E-state index in [2.05, 4.69) is 0 Å². The molecule has 0 spiro atoms. The van der Waals surface area contributed by atoms with Gasteiger partial charge >= 0.3 is 10.2 Å². The smallest absolute Gasteiger partial charge is 0.214 e. The number of benzene rings is 1. The Hall–Kier alpha value is -0.990. The summed E-state index contributed by atoms with van der Waals surface area (Å²) >= 11 is 0. The van der Waals surface area contributed by atoms with Crippen molar-refractivity contribution in [2.24, 2.45) is 0 Å². The van der Waals surface area contributed by atoms with Crippen LogP contribution in [-0.2, 0) is 20.2 Å². The highest BCUT2D eigenvalue weighted by Crippen LogP contribution is 2.21. The summed E-state index contributed by atoms with van der Waals surface area (Å²) in [7, 11) is -7.92. The van der Waals surface area contributed by atoms with Gasteiger partial charge in [-0.3, -0.25) is 0 Å². The van der Waals surface area contributed by atoms with Crippen molar-refractivity contribution >= 4 is 20.2 Å². The van der Waals surface area contributed by atoms with Crippen LogP contribution in [0.5, 0.6) is 0 Å². The van der Waals surface area contributed by atoms with E-state index < -0.39 is 30.0 Å². The predicted octanol–water partition coefficient (Wildman–Crippen LogP) is 0.253. The third kappa shape index (κ3) is 2.52. The first kappa shape index (κ1) is 12.1. The first-order valence-electron chi connectivity index (χ1n) is 3.76. The van der Waals surface area contributed by atoms with Crippen molar-refractivity contribution in [2.75, 3.05) is 7.05 Å². The van der Waals surface area contributed by atoms with Crippen molar-refractivity contribution in [3.8, 4) is 0 Å². The number of nitrogens with one attached hydrogen (secondary N) is 1. The van der Waals surface area contributed by atoms with E-state index in [1.54, 1.807) is 0 Å². The maximum Gasteiger partial charge on any atom is 0.333 e. The van der Waals surface area contributed by atoms with Gasteiger partial charge in [-0.25, -0.2) is 13.1 Å². The first-order valence-corrected chi connectivity index (χ1v) is 6.63. The molecule has 1 aromatic rings. The largest absolute Gasteiger partial charge is 0.333 e. The van der Waals surface area contributed by atoms with E-state index >= 15 is 0 Å². The molecule has 1 aromatic carbocycles. The van der Waals surface area contributed by atoms with Crippen molar-refractivity contribution < 1.29 is 20.7 Å². The van der Waals surface area contributed by atoms with Gasteiger partial charge in [-0.05, 0) is 19.2 Å². The lowest BCUT2D eigenvalue weighted by Crippen LogP contribution is -2.20. The van der Waals surface area contributed by atoms with Crippen LogP contribution in [0.25, 0.3) is 0 Å². The molecule has 0 aliphatic rings. The summed E-state index contributed by atoms with van der Waals surface area (Å²) in [5.74, 6) is 0. The fraction of sp³-hybridized carbons (Fsp3) is 0.143. The predicted molar refractivity (Wildman–Crippen MR) is 51.0 cm³/mol. The van der Waals surface area contributed by atoms with Crippen molar-refractivity contribution in [1.82, 2.24) is 4.72 Å². The number of sulfonamides is 1. The minimum atomic E-state index is -5.05. The Balaban J connectivity index is 3.59. The van der Waals surface area contributed by atoms with Gasteiger partial charge < -0.3 is 0 Å². The van der Waals surface area contributed by atoms with E-state index in [0.29, 0.717) is 0 Å². The summed E-state index contributed by atoms with van der Waals surface area (Å²) in [5, 5.41) is 0. The molecule has 1 N–H and O–H groups in total. The second kappa shape index (κ2) is 3.87. The summed E-state index contributed by atoms with van der Waals surface area (Å²) < 4.78 is 58.6. The summed E-state index contributed by atoms with van der Waals surface area (Å²) in [6, 6.07) is 4.44. The van der Waals surface area contributed by atoms with Crippen LogP contribution in [0.4, 0.5) is 3.89 Å². The van der Waals surface area contributed by atoms with Gasteiger partial charge in [0.25, 0.3) is 0 Å². The van der Waals surface area contributed by atoms with Gasteiger partial charge in [-0.1, -0.05) is 12.1 Å². The number of hydrogen-bond acceptors (Lipinski definition) is 4. The molecule has 0 saturated carbocycles. The molecule has 0 atom stereocenters. The van der Waals surface area contributed by atoms with Crippen LogP contribution >= 0.6 is 0 Å². The molecule has 0 radical (unpaired) electrons. The van der Waals surface area contributed by atoms with Crippen LogP contribution in [0.1, 0.15) is 0 Å². The average Bonchev–Trinajstić information content (AvgIpc) is 2.16. The Morgan fingerprint density at radius 3 is 1.93 bits per heavy atom. The lowest BCUT2D eigenvalue weighted by molar-refractivity contribution is 0.545. The minimum absolute atomic E-state index is 0.602. The normalized spacial score (nSPS) is 12.7. The monoisotopic (exact) mass is 253 g/mol. The van der Waals surface area contributed by atoms with Crippen molar-refractivity contribution in [1.29, 1.82) is 0 Å². The third-order valence-electron chi connectivity index (χ3n) is 1.67. The number of halogens is 1. The molecule has 0 aliphatic carbocycles. The van der Waals surface area contributed by atoms with E-state index in [0.717, 1.165) is 19.2 Å². The Kier molecular flexibility index (Phi) is 3.12. The first-order chi connectivity index (χ1) is 6.79. The highest BCUT2D eigenvalue weighted by molar-refractivity contribution is 7.91. The molecule has 15 heavy (non-hydrogen) atoms. The second-order valence-corrected chi connectivity index (χ2v) is 5.76. The van der Waals surface area contributed by atoms with Gasteiger partial charge in [0.1, 0.15) is 9.79 Å². The molecule has 8 heteroatoms. The summed E-state index contributed by atoms with van der Waals surface area (Å²) in [5.41, 5.74) is 0. The molecule has 1 rings (SSSR count). The summed E-state index contributed by atoms with van der Waals surface area (Å²) in [4.78, 5) is -1.46. The van der Waals surface area contributed by atoms with Crippen LogP contribution in [0.15, 0.2) is 34.1 Å². The molecular formula is C7H8FNO4S2. The van der Waals surface area contributed by atoms with Gasteiger partial charge in [0.2, 0.25) is 10.0 Å².